The number of amides is 1. The lowest BCUT2D eigenvalue weighted by Gasteiger charge is -2.12. The molecular weight excluding hydrogens is 396 g/mol. The van der Waals surface area contributed by atoms with Gasteiger partial charge in [0, 0.05) is 17.1 Å². The summed E-state index contributed by atoms with van der Waals surface area (Å²) in [5, 5.41) is 1.23. The van der Waals surface area contributed by atoms with Crippen LogP contribution < -0.4 is 9.47 Å². The Balaban J connectivity index is 1.99. The van der Waals surface area contributed by atoms with Gasteiger partial charge in [0.2, 0.25) is 0 Å². The number of benzene rings is 2. The Morgan fingerprint density at radius 3 is 2.68 bits per heavy atom. The number of carbonyl (C=O) groups excluding carboxylic acids is 1. The highest BCUT2D eigenvalue weighted by Crippen LogP contribution is 2.38. The van der Waals surface area contributed by atoms with Crippen molar-refractivity contribution in [2.75, 3.05) is 20.3 Å². The lowest BCUT2D eigenvalue weighted by Crippen LogP contribution is -2.28. The zero-order valence-electron chi connectivity index (χ0n) is 15.9. The van der Waals surface area contributed by atoms with Crippen LogP contribution in [-0.4, -0.2) is 36.2 Å². The summed E-state index contributed by atoms with van der Waals surface area (Å²) < 4.78 is 11.1. The van der Waals surface area contributed by atoms with E-state index >= 15 is 0 Å². The van der Waals surface area contributed by atoms with E-state index in [1.54, 1.807) is 24.1 Å². The van der Waals surface area contributed by atoms with E-state index in [1.807, 2.05) is 50.3 Å². The fraction of sp³-hybridized carbons (Fsp3) is 0.238. The van der Waals surface area contributed by atoms with Gasteiger partial charge in [0.05, 0.1) is 24.3 Å². The molecule has 0 saturated carbocycles. The highest BCUT2D eigenvalue weighted by molar-refractivity contribution is 8.18. The second kappa shape index (κ2) is 9.17. The number of para-hydroxylation sites is 1. The van der Waals surface area contributed by atoms with Crippen molar-refractivity contribution in [1.29, 1.82) is 0 Å². The Hall–Kier alpha value is -2.44. The van der Waals surface area contributed by atoms with Crippen LogP contribution in [0.1, 0.15) is 19.4 Å². The molecule has 146 valence electrons. The van der Waals surface area contributed by atoms with Gasteiger partial charge in [-0.15, -0.1) is 0 Å². The maximum atomic E-state index is 12.9. The Morgan fingerprint density at radius 1 is 1.21 bits per heavy atom. The van der Waals surface area contributed by atoms with Crippen molar-refractivity contribution >= 4 is 46.2 Å². The van der Waals surface area contributed by atoms with E-state index in [0.29, 0.717) is 45.4 Å². The monoisotopic (exact) mass is 416 g/mol. The molecule has 2 aromatic rings. The van der Waals surface area contributed by atoms with Crippen LogP contribution in [0.2, 0.25) is 5.02 Å². The number of methoxy groups -OCH3 is 1. The second-order valence-electron chi connectivity index (χ2n) is 5.85. The first-order chi connectivity index (χ1) is 13.6. The smallest absolute Gasteiger partial charge is 0.266 e. The minimum Gasteiger partial charge on any atom is -0.493 e. The minimum atomic E-state index is -0.0847. The number of halogens is 1. The lowest BCUT2D eigenvalue weighted by molar-refractivity contribution is -0.122. The fourth-order valence-corrected chi connectivity index (χ4v) is 4.01. The van der Waals surface area contributed by atoms with Gasteiger partial charge >= 0.3 is 0 Å². The molecular formula is C21H21ClN2O3S. The number of hydrogen-bond donors (Lipinski definition) is 0. The summed E-state index contributed by atoms with van der Waals surface area (Å²) in [6.07, 6.45) is 1.82. The van der Waals surface area contributed by atoms with Gasteiger partial charge in [-0.2, -0.15) is 0 Å². The third-order valence-electron chi connectivity index (χ3n) is 4.04. The van der Waals surface area contributed by atoms with Crippen molar-refractivity contribution in [2.45, 2.75) is 13.8 Å². The Labute approximate surface area is 174 Å². The van der Waals surface area contributed by atoms with Crippen molar-refractivity contribution < 1.29 is 14.3 Å². The molecule has 0 unspecified atom stereocenters. The van der Waals surface area contributed by atoms with Crippen molar-refractivity contribution in [2.24, 2.45) is 4.99 Å². The maximum absolute atomic E-state index is 12.9. The number of aliphatic imine (C=N–C) groups is 1. The number of ether oxygens (including phenoxy) is 2. The highest BCUT2D eigenvalue weighted by Gasteiger charge is 2.32. The van der Waals surface area contributed by atoms with Gasteiger partial charge in [0.15, 0.2) is 16.7 Å². The maximum Gasteiger partial charge on any atom is 0.266 e. The zero-order valence-corrected chi connectivity index (χ0v) is 17.5. The van der Waals surface area contributed by atoms with Gasteiger partial charge in [0.25, 0.3) is 5.91 Å². The summed E-state index contributed by atoms with van der Waals surface area (Å²) in [6.45, 7) is 4.86. The van der Waals surface area contributed by atoms with Gasteiger partial charge in [-0.1, -0.05) is 29.8 Å². The molecule has 7 heteroatoms. The molecule has 0 bridgehead atoms. The van der Waals surface area contributed by atoms with Gasteiger partial charge in [0.1, 0.15) is 0 Å². The van der Waals surface area contributed by atoms with E-state index in [9.17, 15) is 4.79 Å². The minimum absolute atomic E-state index is 0.0847. The predicted molar refractivity (Wildman–Crippen MR) is 116 cm³/mol. The molecule has 1 saturated heterocycles. The average molecular weight is 417 g/mol. The zero-order chi connectivity index (χ0) is 20.1. The SMILES string of the molecule is CCOc1c(/C=C2/SC(=Nc3cccc(Cl)c3)N(CC)C2=O)cccc1OC. The molecule has 1 fully saturated rings. The number of thioether (sulfide) groups is 1. The summed E-state index contributed by atoms with van der Waals surface area (Å²) in [4.78, 5) is 19.7. The van der Waals surface area contributed by atoms with Gasteiger partial charge in [-0.25, -0.2) is 4.99 Å². The van der Waals surface area contributed by atoms with Crippen molar-refractivity contribution in [3.05, 3.63) is 58.0 Å². The molecule has 0 radical (unpaired) electrons. The molecule has 1 aliphatic heterocycles. The molecule has 5 nitrogen and oxygen atoms in total. The van der Waals surface area contributed by atoms with E-state index < -0.39 is 0 Å². The third kappa shape index (κ3) is 4.34. The molecule has 2 aromatic carbocycles. The molecule has 28 heavy (non-hydrogen) atoms. The molecule has 0 aliphatic carbocycles. The van der Waals surface area contributed by atoms with Crippen LogP contribution >= 0.6 is 23.4 Å². The van der Waals surface area contributed by atoms with Crippen LogP contribution in [-0.2, 0) is 4.79 Å². The normalized spacial score (nSPS) is 16.9. The Bertz CT molecular complexity index is 943. The number of hydrogen-bond acceptors (Lipinski definition) is 5. The van der Waals surface area contributed by atoms with Gasteiger partial charge in [-0.3, -0.25) is 9.69 Å². The molecule has 0 aromatic heterocycles. The van der Waals surface area contributed by atoms with Crippen molar-refractivity contribution in [3.63, 3.8) is 0 Å². The topological polar surface area (TPSA) is 51.1 Å². The highest BCUT2D eigenvalue weighted by atomic mass is 35.5. The number of amidine groups is 1. The molecule has 1 amide bonds. The van der Waals surface area contributed by atoms with Crippen molar-refractivity contribution in [1.82, 2.24) is 4.90 Å². The molecule has 0 spiro atoms. The third-order valence-corrected chi connectivity index (χ3v) is 5.28. The van der Waals surface area contributed by atoms with Crippen LogP contribution in [0, 0.1) is 0 Å². The first-order valence-electron chi connectivity index (χ1n) is 8.92. The molecule has 0 atom stereocenters. The first-order valence-corrected chi connectivity index (χ1v) is 10.1. The fourth-order valence-electron chi connectivity index (χ4n) is 2.77. The standard InChI is InChI=1S/C21H21ClN2O3S/c1-4-24-20(25)18(28-21(24)23-16-10-7-9-15(22)13-16)12-14-8-6-11-17(26-3)19(14)27-5-2/h6-13H,4-5H2,1-3H3/b18-12+,23-21?. The average Bonchev–Trinajstić information content (AvgIpc) is 2.97. The van der Waals surface area contributed by atoms with E-state index in [2.05, 4.69) is 4.99 Å². The van der Waals surface area contributed by atoms with Gasteiger partial charge in [-0.05, 0) is 56.0 Å². The van der Waals surface area contributed by atoms with Crippen LogP contribution in [0.25, 0.3) is 6.08 Å². The quantitative estimate of drug-likeness (QED) is 0.594. The van der Waals surface area contributed by atoms with E-state index in [-0.39, 0.29) is 5.91 Å². The Morgan fingerprint density at radius 2 is 2.00 bits per heavy atom. The summed E-state index contributed by atoms with van der Waals surface area (Å²) in [5.41, 5.74) is 1.50. The summed E-state index contributed by atoms with van der Waals surface area (Å²) in [5.74, 6) is 1.17. The van der Waals surface area contributed by atoms with Crippen LogP contribution in [0.4, 0.5) is 5.69 Å². The lowest BCUT2D eigenvalue weighted by atomic mass is 10.1. The summed E-state index contributed by atoms with van der Waals surface area (Å²) >= 11 is 7.38. The van der Waals surface area contributed by atoms with Crippen LogP contribution in [0.3, 0.4) is 0 Å². The molecule has 1 heterocycles. The number of likely N-dealkylation sites (N-methyl/N-ethyl adjacent to an activating group) is 1. The molecule has 3 rings (SSSR count). The van der Waals surface area contributed by atoms with Crippen LogP contribution in [0.5, 0.6) is 11.5 Å². The summed E-state index contributed by atoms with van der Waals surface area (Å²) in [7, 11) is 1.60. The van der Waals surface area contributed by atoms with Crippen molar-refractivity contribution in [3.8, 4) is 11.5 Å². The van der Waals surface area contributed by atoms with Gasteiger partial charge < -0.3 is 9.47 Å². The Kier molecular flexibility index (Phi) is 6.65. The van der Waals surface area contributed by atoms with E-state index in [4.69, 9.17) is 21.1 Å². The van der Waals surface area contributed by atoms with E-state index in [1.165, 1.54) is 11.8 Å². The molecule has 1 aliphatic rings. The number of carbonyl (C=O) groups is 1. The number of nitrogens with zero attached hydrogens (tertiary/aromatic N) is 2. The first kappa shape index (κ1) is 20.3. The van der Waals surface area contributed by atoms with Crippen LogP contribution in [0.15, 0.2) is 52.4 Å². The summed E-state index contributed by atoms with van der Waals surface area (Å²) in [6, 6.07) is 12.9. The largest absolute Gasteiger partial charge is 0.493 e. The predicted octanol–water partition coefficient (Wildman–Crippen LogP) is 5.37. The second-order valence-corrected chi connectivity index (χ2v) is 7.29. The van der Waals surface area contributed by atoms with E-state index in [0.717, 1.165) is 5.56 Å². The number of rotatable bonds is 6. The molecule has 0 N–H and O–H groups in total.